The smallest absolute Gasteiger partial charge is 0.257 e. The number of para-hydroxylation sites is 1. The monoisotopic (exact) mass is 430 g/mol. The molecular weight excluding hydrogens is 404 g/mol. The van der Waals surface area contributed by atoms with Gasteiger partial charge in [0.1, 0.15) is 5.76 Å². The van der Waals surface area contributed by atoms with Crippen LogP contribution in [0.25, 0.3) is 0 Å². The van der Waals surface area contributed by atoms with E-state index in [9.17, 15) is 9.59 Å². The Balaban J connectivity index is 1.25. The van der Waals surface area contributed by atoms with Crippen LogP contribution in [0.4, 0.5) is 5.69 Å². The molecule has 0 radical (unpaired) electrons. The van der Waals surface area contributed by atoms with Gasteiger partial charge in [-0.25, -0.2) is 0 Å². The number of amides is 2. The van der Waals surface area contributed by atoms with Crippen molar-refractivity contribution in [2.75, 3.05) is 31.1 Å². The van der Waals surface area contributed by atoms with E-state index in [-0.39, 0.29) is 11.8 Å². The lowest BCUT2D eigenvalue weighted by molar-refractivity contribution is 0.0534. The zero-order valence-electron chi connectivity index (χ0n) is 18.1. The number of hydrogen-bond donors (Lipinski definition) is 0. The molecule has 0 spiro atoms. The zero-order chi connectivity index (χ0) is 22.1. The summed E-state index contributed by atoms with van der Waals surface area (Å²) in [5.74, 6) is 0.602. The molecule has 1 fully saturated rings. The highest BCUT2D eigenvalue weighted by molar-refractivity contribution is 5.96. The number of aromatic nitrogens is 1. The molecule has 32 heavy (non-hydrogen) atoms. The van der Waals surface area contributed by atoms with E-state index < -0.39 is 0 Å². The maximum absolute atomic E-state index is 13.3. The first-order valence-electron chi connectivity index (χ1n) is 11.0. The number of nitrogens with zero attached hydrogens (tertiary/aromatic N) is 4. The van der Waals surface area contributed by atoms with Crippen molar-refractivity contribution in [2.45, 2.75) is 25.9 Å². The van der Waals surface area contributed by atoms with Gasteiger partial charge in [0.2, 0.25) is 0 Å². The van der Waals surface area contributed by atoms with E-state index in [4.69, 9.17) is 4.42 Å². The minimum absolute atomic E-state index is 0.0395. The first-order chi connectivity index (χ1) is 15.6. The Hall–Kier alpha value is -3.61. The predicted octanol–water partition coefficient (Wildman–Crippen LogP) is 3.22. The van der Waals surface area contributed by atoms with Gasteiger partial charge in [0, 0.05) is 50.3 Å². The summed E-state index contributed by atoms with van der Waals surface area (Å²) in [6, 6.07) is 14.0. The number of piperazine rings is 1. The first kappa shape index (κ1) is 20.3. The van der Waals surface area contributed by atoms with Crippen molar-refractivity contribution in [3.63, 3.8) is 0 Å². The summed E-state index contributed by atoms with van der Waals surface area (Å²) in [4.78, 5) is 35.8. The third-order valence-corrected chi connectivity index (χ3v) is 6.40. The SMILES string of the molecule is CC1Cc2ccccc2N1Cc1occc1C(=O)N1CCN(C(=O)c2cccnc2)CC1. The number of carbonyl (C=O) groups excluding carboxylic acids is 2. The number of pyridine rings is 1. The number of hydrogen-bond acceptors (Lipinski definition) is 5. The number of carbonyl (C=O) groups is 2. The Bertz CT molecular complexity index is 1120. The molecule has 5 rings (SSSR count). The summed E-state index contributed by atoms with van der Waals surface area (Å²) >= 11 is 0. The van der Waals surface area contributed by atoms with Gasteiger partial charge in [-0.3, -0.25) is 14.6 Å². The zero-order valence-corrected chi connectivity index (χ0v) is 18.1. The molecule has 0 N–H and O–H groups in total. The molecule has 2 aromatic heterocycles. The molecule has 0 saturated carbocycles. The summed E-state index contributed by atoms with van der Waals surface area (Å²) in [6.07, 6.45) is 5.82. The second-order valence-electron chi connectivity index (χ2n) is 8.39. The first-order valence-corrected chi connectivity index (χ1v) is 11.0. The van der Waals surface area contributed by atoms with E-state index >= 15 is 0 Å². The molecule has 2 aliphatic rings. The molecule has 2 amide bonds. The van der Waals surface area contributed by atoms with Crippen LogP contribution in [0.15, 0.2) is 65.5 Å². The summed E-state index contributed by atoms with van der Waals surface area (Å²) < 4.78 is 5.76. The third kappa shape index (κ3) is 3.75. The van der Waals surface area contributed by atoms with Gasteiger partial charge in [0.05, 0.1) is 23.9 Å². The number of fused-ring (bicyclic) bond motifs is 1. The van der Waals surface area contributed by atoms with E-state index in [1.165, 1.54) is 11.3 Å². The molecular formula is C25H26N4O3. The van der Waals surface area contributed by atoms with Crippen LogP contribution in [0.5, 0.6) is 0 Å². The molecule has 7 nitrogen and oxygen atoms in total. The van der Waals surface area contributed by atoms with Crippen molar-refractivity contribution in [3.8, 4) is 0 Å². The van der Waals surface area contributed by atoms with Crippen molar-refractivity contribution in [1.29, 1.82) is 0 Å². The Kier molecular flexibility index (Phi) is 5.39. The highest BCUT2D eigenvalue weighted by Crippen LogP contribution is 2.33. The van der Waals surface area contributed by atoms with Crippen molar-refractivity contribution in [1.82, 2.24) is 14.8 Å². The summed E-state index contributed by atoms with van der Waals surface area (Å²) in [7, 11) is 0. The fraction of sp³-hybridized carbons (Fsp3) is 0.320. The molecule has 3 aromatic rings. The van der Waals surface area contributed by atoms with E-state index in [2.05, 4.69) is 35.0 Å². The molecule has 1 unspecified atom stereocenters. The highest BCUT2D eigenvalue weighted by atomic mass is 16.3. The molecule has 0 bridgehead atoms. The van der Waals surface area contributed by atoms with Gasteiger partial charge in [0.25, 0.3) is 11.8 Å². The van der Waals surface area contributed by atoms with Gasteiger partial charge in [0.15, 0.2) is 0 Å². The number of anilines is 1. The Morgan fingerprint density at radius 3 is 2.50 bits per heavy atom. The average molecular weight is 431 g/mol. The van der Waals surface area contributed by atoms with Crippen LogP contribution >= 0.6 is 0 Å². The number of furan rings is 1. The molecule has 2 aliphatic heterocycles. The highest BCUT2D eigenvalue weighted by Gasteiger charge is 2.30. The second kappa shape index (κ2) is 8.49. The van der Waals surface area contributed by atoms with E-state index in [0.717, 1.165) is 6.42 Å². The van der Waals surface area contributed by atoms with Crippen LogP contribution in [-0.4, -0.2) is 58.8 Å². The summed E-state index contributed by atoms with van der Waals surface area (Å²) in [6.45, 7) is 4.76. The van der Waals surface area contributed by atoms with Gasteiger partial charge in [-0.05, 0) is 43.2 Å². The fourth-order valence-electron chi connectivity index (χ4n) is 4.63. The normalized spacial score (nSPS) is 18.0. The lowest BCUT2D eigenvalue weighted by Gasteiger charge is -2.35. The minimum atomic E-state index is -0.0455. The maximum atomic E-state index is 13.3. The second-order valence-corrected chi connectivity index (χ2v) is 8.39. The van der Waals surface area contributed by atoms with Crippen molar-refractivity contribution in [2.24, 2.45) is 0 Å². The van der Waals surface area contributed by atoms with Gasteiger partial charge in [-0.1, -0.05) is 18.2 Å². The van der Waals surface area contributed by atoms with Crippen LogP contribution in [0.3, 0.4) is 0 Å². The topological polar surface area (TPSA) is 69.9 Å². The van der Waals surface area contributed by atoms with Gasteiger partial charge in [-0.15, -0.1) is 0 Å². The van der Waals surface area contributed by atoms with E-state index in [0.29, 0.717) is 55.7 Å². The number of rotatable bonds is 4. The fourth-order valence-corrected chi connectivity index (χ4v) is 4.63. The van der Waals surface area contributed by atoms with Crippen molar-refractivity contribution in [3.05, 3.63) is 83.6 Å². The molecule has 1 saturated heterocycles. The lowest BCUT2D eigenvalue weighted by atomic mass is 10.1. The predicted molar refractivity (Wildman–Crippen MR) is 121 cm³/mol. The Morgan fingerprint density at radius 1 is 1.00 bits per heavy atom. The largest absolute Gasteiger partial charge is 0.467 e. The molecule has 7 heteroatoms. The molecule has 0 aliphatic carbocycles. The Morgan fingerprint density at radius 2 is 1.75 bits per heavy atom. The quantitative estimate of drug-likeness (QED) is 0.636. The van der Waals surface area contributed by atoms with Gasteiger partial charge in [-0.2, -0.15) is 0 Å². The van der Waals surface area contributed by atoms with Crippen LogP contribution < -0.4 is 4.90 Å². The van der Waals surface area contributed by atoms with Crippen molar-refractivity contribution >= 4 is 17.5 Å². The molecule has 164 valence electrons. The molecule has 1 atom stereocenters. The Labute approximate surface area is 187 Å². The van der Waals surface area contributed by atoms with Crippen LogP contribution in [0.2, 0.25) is 0 Å². The molecule has 1 aromatic carbocycles. The standard InChI is InChI=1S/C25H26N4O3/c1-18-15-19-5-2-3-7-22(19)29(18)17-23-21(8-14-32-23)25(31)28-12-10-27(11-13-28)24(30)20-6-4-9-26-16-20/h2-9,14,16,18H,10-13,15,17H2,1H3. The maximum Gasteiger partial charge on any atom is 0.257 e. The number of benzene rings is 1. The van der Waals surface area contributed by atoms with Crippen LogP contribution in [0, 0.1) is 0 Å². The summed E-state index contributed by atoms with van der Waals surface area (Å²) in [5.41, 5.74) is 3.71. The van der Waals surface area contributed by atoms with Crippen LogP contribution in [-0.2, 0) is 13.0 Å². The third-order valence-electron chi connectivity index (χ3n) is 6.40. The summed E-state index contributed by atoms with van der Waals surface area (Å²) in [5, 5.41) is 0. The van der Waals surface area contributed by atoms with E-state index in [1.807, 2.05) is 11.0 Å². The van der Waals surface area contributed by atoms with Crippen LogP contribution in [0.1, 0.15) is 39.0 Å². The van der Waals surface area contributed by atoms with Gasteiger partial charge < -0.3 is 19.1 Å². The lowest BCUT2D eigenvalue weighted by Crippen LogP contribution is -2.50. The molecule has 4 heterocycles. The van der Waals surface area contributed by atoms with E-state index in [1.54, 1.807) is 41.8 Å². The average Bonchev–Trinajstić information content (AvgIpc) is 3.43. The van der Waals surface area contributed by atoms with Crippen molar-refractivity contribution < 1.29 is 14.0 Å². The minimum Gasteiger partial charge on any atom is -0.467 e. The van der Waals surface area contributed by atoms with Gasteiger partial charge >= 0.3 is 0 Å².